The first-order chi connectivity index (χ1) is 4.72. The quantitative estimate of drug-likeness (QED) is 0.627. The van der Waals surface area contributed by atoms with E-state index in [-0.39, 0.29) is 0 Å². The standard InChI is InChI=1S/C8H18N2/c1-3-8-5-10(6-8)4-7(2)9/h7-8H,3-6,9H2,1-2H3. The Kier molecular flexibility index (Phi) is 2.69. The molecule has 1 atom stereocenters. The normalized spacial score (nSPS) is 24.3. The van der Waals surface area contributed by atoms with Crippen molar-refractivity contribution in [3.05, 3.63) is 0 Å². The molecule has 1 rings (SSSR count). The smallest absolute Gasteiger partial charge is 0.0139 e. The third-order valence-corrected chi connectivity index (χ3v) is 2.16. The van der Waals surface area contributed by atoms with Crippen LogP contribution in [0.25, 0.3) is 0 Å². The van der Waals surface area contributed by atoms with Crippen LogP contribution in [-0.2, 0) is 0 Å². The number of hydrogen-bond acceptors (Lipinski definition) is 2. The molecule has 0 amide bonds. The molecular formula is C8H18N2. The summed E-state index contributed by atoms with van der Waals surface area (Å²) < 4.78 is 0. The zero-order valence-corrected chi connectivity index (χ0v) is 7.01. The van der Waals surface area contributed by atoms with Crippen molar-refractivity contribution in [3.63, 3.8) is 0 Å². The Labute approximate surface area is 63.4 Å². The second-order valence-electron chi connectivity index (χ2n) is 3.47. The summed E-state index contributed by atoms with van der Waals surface area (Å²) in [6, 6.07) is 0.345. The second kappa shape index (κ2) is 3.35. The van der Waals surface area contributed by atoms with Gasteiger partial charge in [-0.15, -0.1) is 0 Å². The molecule has 0 radical (unpaired) electrons. The molecule has 2 N–H and O–H groups in total. The van der Waals surface area contributed by atoms with Crippen LogP contribution in [0, 0.1) is 5.92 Å². The van der Waals surface area contributed by atoms with Crippen molar-refractivity contribution >= 4 is 0 Å². The summed E-state index contributed by atoms with van der Waals surface area (Å²) in [7, 11) is 0. The largest absolute Gasteiger partial charge is 0.327 e. The molecule has 0 saturated carbocycles. The van der Waals surface area contributed by atoms with E-state index >= 15 is 0 Å². The lowest BCUT2D eigenvalue weighted by Crippen LogP contribution is -2.50. The number of hydrogen-bond donors (Lipinski definition) is 1. The van der Waals surface area contributed by atoms with Crippen LogP contribution >= 0.6 is 0 Å². The van der Waals surface area contributed by atoms with Gasteiger partial charge in [-0.05, 0) is 12.8 Å². The summed E-state index contributed by atoms with van der Waals surface area (Å²) in [4.78, 5) is 2.43. The van der Waals surface area contributed by atoms with E-state index in [2.05, 4.69) is 18.7 Å². The van der Waals surface area contributed by atoms with E-state index in [0.717, 1.165) is 12.5 Å². The van der Waals surface area contributed by atoms with Crippen molar-refractivity contribution in [3.8, 4) is 0 Å². The third-order valence-electron chi connectivity index (χ3n) is 2.16. The van der Waals surface area contributed by atoms with Gasteiger partial charge in [-0.1, -0.05) is 13.3 Å². The van der Waals surface area contributed by atoms with Crippen molar-refractivity contribution in [2.75, 3.05) is 19.6 Å². The van der Waals surface area contributed by atoms with Crippen LogP contribution in [0.4, 0.5) is 0 Å². The molecule has 60 valence electrons. The first-order valence-corrected chi connectivity index (χ1v) is 4.20. The highest BCUT2D eigenvalue weighted by molar-refractivity contribution is 4.80. The number of nitrogens with two attached hydrogens (primary N) is 1. The van der Waals surface area contributed by atoms with Gasteiger partial charge in [0, 0.05) is 25.7 Å². The maximum atomic E-state index is 5.65. The number of rotatable bonds is 3. The van der Waals surface area contributed by atoms with E-state index in [0.29, 0.717) is 6.04 Å². The molecule has 1 aliphatic heterocycles. The lowest BCUT2D eigenvalue weighted by molar-refractivity contribution is 0.0929. The highest BCUT2D eigenvalue weighted by Gasteiger charge is 2.24. The minimum absolute atomic E-state index is 0.345. The van der Waals surface area contributed by atoms with Crippen molar-refractivity contribution in [1.29, 1.82) is 0 Å². The Hall–Kier alpha value is -0.0800. The van der Waals surface area contributed by atoms with E-state index in [9.17, 15) is 0 Å². The molecule has 0 aromatic carbocycles. The third kappa shape index (κ3) is 1.96. The van der Waals surface area contributed by atoms with Gasteiger partial charge in [0.1, 0.15) is 0 Å². The van der Waals surface area contributed by atoms with Gasteiger partial charge in [0.2, 0.25) is 0 Å². The first-order valence-electron chi connectivity index (χ1n) is 4.20. The summed E-state index contributed by atoms with van der Waals surface area (Å²) in [5, 5.41) is 0. The van der Waals surface area contributed by atoms with Crippen LogP contribution in [-0.4, -0.2) is 30.6 Å². The Balaban J connectivity index is 2.03. The van der Waals surface area contributed by atoms with Crippen LogP contribution in [0.2, 0.25) is 0 Å². The molecule has 10 heavy (non-hydrogen) atoms. The minimum atomic E-state index is 0.345. The molecule has 0 aromatic rings. The predicted octanol–water partition coefficient (Wildman–Crippen LogP) is 0.675. The molecule has 0 aliphatic carbocycles. The van der Waals surface area contributed by atoms with Crippen molar-refractivity contribution in [2.45, 2.75) is 26.3 Å². The molecule has 1 unspecified atom stereocenters. The predicted molar refractivity (Wildman–Crippen MR) is 43.9 cm³/mol. The fourth-order valence-corrected chi connectivity index (χ4v) is 1.49. The zero-order chi connectivity index (χ0) is 7.56. The van der Waals surface area contributed by atoms with Crippen LogP contribution in [0.15, 0.2) is 0 Å². The van der Waals surface area contributed by atoms with Crippen molar-refractivity contribution < 1.29 is 0 Å². The average Bonchev–Trinajstić information content (AvgIpc) is 1.76. The number of likely N-dealkylation sites (tertiary alicyclic amines) is 1. The monoisotopic (exact) mass is 142 g/mol. The fraction of sp³-hybridized carbons (Fsp3) is 1.00. The van der Waals surface area contributed by atoms with E-state index in [1.165, 1.54) is 19.5 Å². The molecule has 0 aromatic heterocycles. The molecule has 1 saturated heterocycles. The van der Waals surface area contributed by atoms with E-state index in [1.807, 2.05) is 0 Å². The lowest BCUT2D eigenvalue weighted by atomic mass is 9.97. The molecular weight excluding hydrogens is 124 g/mol. The summed E-state index contributed by atoms with van der Waals surface area (Å²) in [6.07, 6.45) is 1.33. The van der Waals surface area contributed by atoms with Gasteiger partial charge < -0.3 is 10.6 Å². The van der Waals surface area contributed by atoms with Crippen molar-refractivity contribution in [2.24, 2.45) is 11.7 Å². The Morgan fingerprint density at radius 3 is 2.60 bits per heavy atom. The van der Waals surface area contributed by atoms with Gasteiger partial charge in [0.15, 0.2) is 0 Å². The highest BCUT2D eigenvalue weighted by Crippen LogP contribution is 2.17. The summed E-state index contributed by atoms with van der Waals surface area (Å²) >= 11 is 0. The Bertz CT molecular complexity index is 95.4. The van der Waals surface area contributed by atoms with Crippen LogP contribution in [0.1, 0.15) is 20.3 Å². The maximum absolute atomic E-state index is 5.65. The molecule has 2 heteroatoms. The molecule has 0 spiro atoms. The van der Waals surface area contributed by atoms with Gasteiger partial charge in [-0.2, -0.15) is 0 Å². The van der Waals surface area contributed by atoms with Gasteiger partial charge >= 0.3 is 0 Å². The van der Waals surface area contributed by atoms with Gasteiger partial charge in [-0.3, -0.25) is 0 Å². The Morgan fingerprint density at radius 1 is 1.60 bits per heavy atom. The van der Waals surface area contributed by atoms with Gasteiger partial charge in [-0.25, -0.2) is 0 Å². The van der Waals surface area contributed by atoms with E-state index in [4.69, 9.17) is 5.73 Å². The molecule has 0 bridgehead atoms. The van der Waals surface area contributed by atoms with Crippen LogP contribution in [0.5, 0.6) is 0 Å². The topological polar surface area (TPSA) is 29.3 Å². The molecule has 2 nitrogen and oxygen atoms in total. The Morgan fingerprint density at radius 2 is 2.20 bits per heavy atom. The second-order valence-corrected chi connectivity index (χ2v) is 3.47. The first kappa shape index (κ1) is 8.02. The average molecular weight is 142 g/mol. The SMILES string of the molecule is CCC1CN(CC(C)N)C1. The van der Waals surface area contributed by atoms with Gasteiger partial charge in [0.25, 0.3) is 0 Å². The molecule has 1 heterocycles. The highest BCUT2D eigenvalue weighted by atomic mass is 15.2. The molecule has 1 aliphatic rings. The summed E-state index contributed by atoms with van der Waals surface area (Å²) in [6.45, 7) is 7.96. The van der Waals surface area contributed by atoms with E-state index in [1.54, 1.807) is 0 Å². The van der Waals surface area contributed by atoms with Crippen LogP contribution < -0.4 is 5.73 Å². The summed E-state index contributed by atoms with van der Waals surface area (Å²) in [5.41, 5.74) is 5.65. The van der Waals surface area contributed by atoms with E-state index < -0.39 is 0 Å². The number of nitrogens with zero attached hydrogens (tertiary/aromatic N) is 1. The van der Waals surface area contributed by atoms with Crippen molar-refractivity contribution in [1.82, 2.24) is 4.90 Å². The maximum Gasteiger partial charge on any atom is 0.0139 e. The summed E-state index contributed by atoms with van der Waals surface area (Å²) in [5.74, 6) is 0.957. The van der Waals surface area contributed by atoms with Gasteiger partial charge in [0.05, 0.1) is 0 Å². The fourth-order valence-electron chi connectivity index (χ4n) is 1.49. The lowest BCUT2D eigenvalue weighted by Gasteiger charge is -2.39. The zero-order valence-electron chi connectivity index (χ0n) is 7.01. The van der Waals surface area contributed by atoms with Crippen LogP contribution in [0.3, 0.4) is 0 Å². The minimum Gasteiger partial charge on any atom is -0.327 e. The molecule has 1 fully saturated rings.